The van der Waals surface area contributed by atoms with E-state index in [2.05, 4.69) is 0 Å². The van der Waals surface area contributed by atoms with E-state index in [1.807, 2.05) is 6.92 Å². The van der Waals surface area contributed by atoms with Gasteiger partial charge in [0, 0.05) is 5.92 Å². The van der Waals surface area contributed by atoms with Gasteiger partial charge in [0.1, 0.15) is 5.67 Å². The van der Waals surface area contributed by atoms with Crippen LogP contribution in [0.4, 0.5) is 4.39 Å². The highest BCUT2D eigenvalue weighted by molar-refractivity contribution is 4.91. The van der Waals surface area contributed by atoms with Crippen LogP contribution in [0, 0.1) is 11.8 Å². The average molecular weight is 160 g/mol. The minimum atomic E-state index is -1.22. The lowest BCUT2D eigenvalue weighted by atomic mass is 9.88. The van der Waals surface area contributed by atoms with Gasteiger partial charge in [0.05, 0.1) is 6.10 Å². The summed E-state index contributed by atoms with van der Waals surface area (Å²) < 4.78 is 13.4. The number of halogens is 1. The lowest BCUT2D eigenvalue weighted by molar-refractivity contribution is 0.0147. The van der Waals surface area contributed by atoms with Crippen molar-refractivity contribution in [3.63, 3.8) is 0 Å². The van der Waals surface area contributed by atoms with E-state index in [4.69, 9.17) is 0 Å². The molecule has 1 fully saturated rings. The molecular weight excluding hydrogens is 143 g/mol. The van der Waals surface area contributed by atoms with Gasteiger partial charge in [0.2, 0.25) is 0 Å². The SMILES string of the molecule is C[C@H]1CC[C@@H](C(C)(C)F)[C@H]1O. The summed E-state index contributed by atoms with van der Waals surface area (Å²) >= 11 is 0. The molecule has 1 rings (SSSR count). The van der Waals surface area contributed by atoms with Crippen LogP contribution in [-0.4, -0.2) is 16.9 Å². The van der Waals surface area contributed by atoms with Crippen LogP contribution in [0.15, 0.2) is 0 Å². The van der Waals surface area contributed by atoms with Gasteiger partial charge in [-0.2, -0.15) is 0 Å². The maximum atomic E-state index is 13.4. The molecule has 0 radical (unpaired) electrons. The Morgan fingerprint density at radius 2 is 1.91 bits per heavy atom. The Balaban J connectivity index is 2.62. The van der Waals surface area contributed by atoms with Crippen LogP contribution in [0.5, 0.6) is 0 Å². The zero-order valence-electron chi connectivity index (χ0n) is 7.47. The van der Waals surface area contributed by atoms with E-state index >= 15 is 0 Å². The van der Waals surface area contributed by atoms with Crippen LogP contribution in [0.1, 0.15) is 33.6 Å². The fourth-order valence-electron chi connectivity index (χ4n) is 1.93. The standard InChI is InChI=1S/C9H17FO/c1-6-4-5-7(8(6)11)9(2,3)10/h6-8,11H,4-5H2,1-3H3/t6-,7+,8-/m0/s1. The van der Waals surface area contributed by atoms with Gasteiger partial charge >= 0.3 is 0 Å². The minimum absolute atomic E-state index is 0.155. The average Bonchev–Trinajstić information content (AvgIpc) is 2.11. The first-order valence-corrected chi connectivity index (χ1v) is 4.30. The molecule has 0 bridgehead atoms. The largest absolute Gasteiger partial charge is 0.392 e. The van der Waals surface area contributed by atoms with Gasteiger partial charge in [-0.1, -0.05) is 6.92 Å². The molecule has 0 amide bonds. The molecule has 0 aliphatic heterocycles. The van der Waals surface area contributed by atoms with Crippen molar-refractivity contribution >= 4 is 0 Å². The number of hydrogen-bond donors (Lipinski definition) is 1. The Morgan fingerprint density at radius 1 is 1.36 bits per heavy atom. The van der Waals surface area contributed by atoms with Gasteiger partial charge in [0.25, 0.3) is 0 Å². The first kappa shape index (κ1) is 8.98. The van der Waals surface area contributed by atoms with E-state index < -0.39 is 11.8 Å². The molecular formula is C9H17FO. The lowest BCUT2D eigenvalue weighted by Gasteiger charge is -2.26. The van der Waals surface area contributed by atoms with Crippen LogP contribution in [-0.2, 0) is 0 Å². The minimum Gasteiger partial charge on any atom is -0.392 e. The zero-order chi connectivity index (χ0) is 8.65. The fraction of sp³-hybridized carbons (Fsp3) is 1.00. The molecule has 0 unspecified atom stereocenters. The van der Waals surface area contributed by atoms with Gasteiger partial charge in [-0.3, -0.25) is 0 Å². The van der Waals surface area contributed by atoms with E-state index in [-0.39, 0.29) is 11.8 Å². The highest BCUT2D eigenvalue weighted by atomic mass is 19.1. The Bertz CT molecular complexity index is 139. The van der Waals surface area contributed by atoms with Crippen LogP contribution >= 0.6 is 0 Å². The van der Waals surface area contributed by atoms with Crippen molar-refractivity contribution in [2.75, 3.05) is 0 Å². The van der Waals surface area contributed by atoms with Crippen LogP contribution in [0.25, 0.3) is 0 Å². The van der Waals surface area contributed by atoms with Gasteiger partial charge in [-0.15, -0.1) is 0 Å². The second-order valence-electron chi connectivity index (χ2n) is 4.22. The van der Waals surface area contributed by atoms with Gasteiger partial charge in [-0.05, 0) is 32.6 Å². The molecule has 0 aromatic carbocycles. The van der Waals surface area contributed by atoms with Crippen molar-refractivity contribution in [1.82, 2.24) is 0 Å². The Labute approximate surface area is 67.6 Å². The third kappa shape index (κ3) is 1.73. The molecule has 0 spiro atoms. The number of aliphatic hydroxyl groups is 1. The summed E-state index contributed by atoms with van der Waals surface area (Å²) in [6, 6.07) is 0. The van der Waals surface area contributed by atoms with E-state index in [0.29, 0.717) is 0 Å². The fourth-order valence-corrected chi connectivity index (χ4v) is 1.93. The first-order valence-electron chi connectivity index (χ1n) is 4.30. The highest BCUT2D eigenvalue weighted by Gasteiger charge is 2.41. The van der Waals surface area contributed by atoms with Gasteiger partial charge in [0.15, 0.2) is 0 Å². The maximum absolute atomic E-state index is 13.4. The molecule has 3 atom stereocenters. The molecule has 1 nitrogen and oxygen atoms in total. The molecule has 1 aliphatic carbocycles. The van der Waals surface area contributed by atoms with E-state index in [1.54, 1.807) is 13.8 Å². The molecule has 66 valence electrons. The van der Waals surface area contributed by atoms with Crippen molar-refractivity contribution < 1.29 is 9.50 Å². The molecule has 0 aromatic heterocycles. The van der Waals surface area contributed by atoms with E-state index in [0.717, 1.165) is 12.8 Å². The second-order valence-corrected chi connectivity index (χ2v) is 4.22. The van der Waals surface area contributed by atoms with Crippen LogP contribution < -0.4 is 0 Å². The molecule has 0 saturated heterocycles. The molecule has 1 aliphatic rings. The quantitative estimate of drug-likeness (QED) is 0.623. The Hall–Kier alpha value is -0.110. The molecule has 0 aromatic rings. The normalized spacial score (nSPS) is 39.5. The molecule has 1 N–H and O–H groups in total. The van der Waals surface area contributed by atoms with Crippen LogP contribution in [0.3, 0.4) is 0 Å². The van der Waals surface area contributed by atoms with Gasteiger partial charge in [-0.25, -0.2) is 4.39 Å². The summed E-state index contributed by atoms with van der Waals surface area (Å²) in [5, 5.41) is 9.55. The molecule has 0 heterocycles. The van der Waals surface area contributed by atoms with Crippen LogP contribution in [0.2, 0.25) is 0 Å². The predicted molar refractivity (Wildman–Crippen MR) is 43.1 cm³/mol. The first-order chi connectivity index (χ1) is 4.93. The second kappa shape index (κ2) is 2.74. The van der Waals surface area contributed by atoms with Crippen molar-refractivity contribution in [2.45, 2.75) is 45.4 Å². The van der Waals surface area contributed by atoms with Crippen molar-refractivity contribution in [3.05, 3.63) is 0 Å². The Kier molecular flexibility index (Phi) is 2.24. The van der Waals surface area contributed by atoms with Crippen molar-refractivity contribution in [2.24, 2.45) is 11.8 Å². The third-order valence-electron chi connectivity index (χ3n) is 2.81. The maximum Gasteiger partial charge on any atom is 0.110 e. The molecule has 1 saturated carbocycles. The predicted octanol–water partition coefficient (Wildman–Crippen LogP) is 2.14. The third-order valence-corrected chi connectivity index (χ3v) is 2.81. The molecule has 11 heavy (non-hydrogen) atoms. The molecule has 2 heteroatoms. The number of rotatable bonds is 1. The summed E-state index contributed by atoms with van der Waals surface area (Å²) in [6.07, 6.45) is 1.35. The smallest absolute Gasteiger partial charge is 0.110 e. The number of alkyl halides is 1. The highest BCUT2D eigenvalue weighted by Crippen LogP contribution is 2.39. The van der Waals surface area contributed by atoms with E-state index in [1.165, 1.54) is 0 Å². The topological polar surface area (TPSA) is 20.2 Å². The lowest BCUT2D eigenvalue weighted by Crippen LogP contribution is -2.33. The number of hydrogen-bond acceptors (Lipinski definition) is 1. The summed E-state index contributed by atoms with van der Waals surface area (Å²) in [6.45, 7) is 5.09. The monoisotopic (exact) mass is 160 g/mol. The summed E-state index contributed by atoms with van der Waals surface area (Å²) in [5.74, 6) is 0.118. The van der Waals surface area contributed by atoms with E-state index in [9.17, 15) is 9.50 Å². The summed E-state index contributed by atoms with van der Waals surface area (Å²) in [4.78, 5) is 0. The van der Waals surface area contributed by atoms with Gasteiger partial charge < -0.3 is 5.11 Å². The summed E-state index contributed by atoms with van der Waals surface area (Å²) in [7, 11) is 0. The Morgan fingerprint density at radius 3 is 2.09 bits per heavy atom. The zero-order valence-corrected chi connectivity index (χ0v) is 7.47. The van der Waals surface area contributed by atoms with Crippen molar-refractivity contribution in [3.8, 4) is 0 Å². The summed E-state index contributed by atoms with van der Waals surface area (Å²) in [5.41, 5.74) is -1.22. The number of aliphatic hydroxyl groups excluding tert-OH is 1. The van der Waals surface area contributed by atoms with Crippen molar-refractivity contribution in [1.29, 1.82) is 0 Å².